The second kappa shape index (κ2) is 5.17. The number of rotatable bonds is 1. The SMILES string of the molecule is CCC1(O)C(=O)OCc2c1cc1n(c2=O)Cc2cc3cccc(N)c3nc2-1. The minimum atomic E-state index is -1.82. The fraction of sp³-hybridized carbons (Fsp3) is 0.250. The van der Waals surface area contributed by atoms with Gasteiger partial charge in [0.05, 0.1) is 34.7 Å². The molecule has 2 aliphatic rings. The second-order valence-electron chi connectivity index (χ2n) is 7.02. The second-order valence-corrected chi connectivity index (χ2v) is 7.02. The first-order chi connectivity index (χ1) is 12.9. The quantitative estimate of drug-likeness (QED) is 0.393. The van der Waals surface area contributed by atoms with Gasteiger partial charge in [-0.15, -0.1) is 0 Å². The van der Waals surface area contributed by atoms with Crippen LogP contribution in [0.15, 0.2) is 35.1 Å². The van der Waals surface area contributed by atoms with E-state index < -0.39 is 11.6 Å². The van der Waals surface area contributed by atoms with Crippen LogP contribution in [0.4, 0.5) is 5.69 Å². The number of nitrogen functional groups attached to an aromatic ring is 1. The van der Waals surface area contributed by atoms with Crippen LogP contribution < -0.4 is 11.3 Å². The van der Waals surface area contributed by atoms with Crippen LogP contribution in [0, 0.1) is 0 Å². The molecule has 0 radical (unpaired) electrons. The van der Waals surface area contributed by atoms with Crippen molar-refractivity contribution in [2.75, 3.05) is 5.73 Å². The molecule has 4 heterocycles. The molecule has 3 aromatic rings. The molecule has 0 bridgehead atoms. The van der Waals surface area contributed by atoms with Crippen molar-refractivity contribution in [1.29, 1.82) is 0 Å². The van der Waals surface area contributed by atoms with Crippen molar-refractivity contribution in [1.82, 2.24) is 9.55 Å². The minimum Gasteiger partial charge on any atom is -0.458 e. The summed E-state index contributed by atoms with van der Waals surface area (Å²) in [6.45, 7) is 1.93. The molecule has 1 aromatic carbocycles. The molecule has 0 saturated carbocycles. The van der Waals surface area contributed by atoms with Gasteiger partial charge in [0.2, 0.25) is 0 Å². The van der Waals surface area contributed by atoms with Gasteiger partial charge in [0.15, 0.2) is 5.60 Å². The van der Waals surface area contributed by atoms with Gasteiger partial charge in [0.25, 0.3) is 5.56 Å². The largest absolute Gasteiger partial charge is 0.458 e. The number of nitrogens with zero attached hydrogens (tertiary/aromatic N) is 2. The molecule has 27 heavy (non-hydrogen) atoms. The zero-order chi connectivity index (χ0) is 18.9. The van der Waals surface area contributed by atoms with Gasteiger partial charge in [-0.3, -0.25) is 4.79 Å². The minimum absolute atomic E-state index is 0.118. The van der Waals surface area contributed by atoms with E-state index in [0.29, 0.717) is 40.3 Å². The molecule has 0 spiro atoms. The summed E-state index contributed by atoms with van der Waals surface area (Å²) < 4.78 is 6.68. The number of pyridine rings is 2. The topological polar surface area (TPSA) is 107 Å². The average molecular weight is 363 g/mol. The third-order valence-electron chi connectivity index (χ3n) is 5.57. The van der Waals surface area contributed by atoms with Crippen LogP contribution >= 0.6 is 0 Å². The van der Waals surface area contributed by atoms with Crippen molar-refractivity contribution in [3.8, 4) is 11.4 Å². The number of benzene rings is 1. The number of hydrogen-bond acceptors (Lipinski definition) is 6. The van der Waals surface area contributed by atoms with Crippen LogP contribution in [0.3, 0.4) is 0 Å². The first-order valence-electron chi connectivity index (χ1n) is 8.79. The van der Waals surface area contributed by atoms with E-state index in [1.54, 1.807) is 23.6 Å². The Kier molecular flexibility index (Phi) is 3.07. The van der Waals surface area contributed by atoms with Crippen LogP contribution in [-0.2, 0) is 28.3 Å². The number of esters is 1. The van der Waals surface area contributed by atoms with Crippen LogP contribution in [0.2, 0.25) is 0 Å². The summed E-state index contributed by atoms with van der Waals surface area (Å²) in [6, 6.07) is 9.25. The van der Waals surface area contributed by atoms with Gasteiger partial charge >= 0.3 is 5.97 Å². The Morgan fingerprint density at radius 3 is 2.93 bits per heavy atom. The summed E-state index contributed by atoms with van der Waals surface area (Å²) >= 11 is 0. The molecule has 1 atom stereocenters. The fourth-order valence-electron chi connectivity index (χ4n) is 4.03. The smallest absolute Gasteiger partial charge is 0.343 e. The van der Waals surface area contributed by atoms with Crippen LogP contribution in [0.25, 0.3) is 22.3 Å². The number of cyclic esters (lactones) is 1. The summed E-state index contributed by atoms with van der Waals surface area (Å²) in [5, 5.41) is 11.8. The highest BCUT2D eigenvalue weighted by molar-refractivity contribution is 5.92. The molecule has 5 rings (SSSR count). The first kappa shape index (κ1) is 16.0. The van der Waals surface area contributed by atoms with E-state index >= 15 is 0 Å². The number of para-hydroxylation sites is 1. The summed E-state index contributed by atoms with van der Waals surface area (Å²) in [6.07, 6.45) is 0.118. The number of hydrogen-bond donors (Lipinski definition) is 2. The van der Waals surface area contributed by atoms with Gasteiger partial charge in [0.1, 0.15) is 6.61 Å². The highest BCUT2D eigenvalue weighted by Crippen LogP contribution is 2.38. The molecule has 7 nitrogen and oxygen atoms in total. The van der Waals surface area contributed by atoms with Crippen molar-refractivity contribution >= 4 is 22.6 Å². The Labute approximate surface area is 154 Å². The van der Waals surface area contributed by atoms with E-state index in [2.05, 4.69) is 0 Å². The van der Waals surface area contributed by atoms with E-state index in [0.717, 1.165) is 10.9 Å². The summed E-state index contributed by atoms with van der Waals surface area (Å²) in [4.78, 5) is 29.9. The fourth-order valence-corrected chi connectivity index (χ4v) is 4.03. The van der Waals surface area contributed by atoms with Gasteiger partial charge in [0, 0.05) is 16.5 Å². The highest BCUT2D eigenvalue weighted by atomic mass is 16.6. The normalized spacial score (nSPS) is 20.1. The summed E-state index contributed by atoms with van der Waals surface area (Å²) in [5.74, 6) is -0.726. The van der Waals surface area contributed by atoms with E-state index in [9.17, 15) is 14.7 Å². The summed E-state index contributed by atoms with van der Waals surface area (Å²) in [5.41, 5.74) is 7.97. The standard InChI is InChI=1S/C20H17N3O4/c1-2-20(26)13-7-15-17-11(6-10-4-3-5-14(21)16(10)22-17)8-23(15)18(24)12(13)9-27-19(20)25/h3-7,26H,2,8-9,21H2,1H3. The number of aliphatic hydroxyl groups is 1. The number of anilines is 1. The van der Waals surface area contributed by atoms with Crippen LogP contribution in [-0.4, -0.2) is 20.6 Å². The zero-order valence-corrected chi connectivity index (χ0v) is 14.7. The Morgan fingerprint density at radius 2 is 2.15 bits per heavy atom. The van der Waals surface area contributed by atoms with E-state index in [4.69, 9.17) is 15.5 Å². The van der Waals surface area contributed by atoms with E-state index in [1.165, 1.54) is 0 Å². The molecule has 0 saturated heterocycles. The number of aromatic nitrogens is 2. The van der Waals surface area contributed by atoms with Gasteiger partial charge < -0.3 is 20.1 Å². The number of carbonyl (C=O) groups is 1. The molecule has 0 aliphatic carbocycles. The molecular weight excluding hydrogens is 346 g/mol. The molecule has 0 fully saturated rings. The lowest BCUT2D eigenvalue weighted by Gasteiger charge is -2.31. The maximum absolute atomic E-state index is 13.1. The lowest BCUT2D eigenvalue weighted by atomic mass is 9.86. The molecule has 7 heteroatoms. The molecule has 1 unspecified atom stereocenters. The van der Waals surface area contributed by atoms with Crippen LogP contribution in [0.5, 0.6) is 0 Å². The Balaban J connectivity index is 1.82. The maximum Gasteiger partial charge on any atom is 0.343 e. The molecule has 136 valence electrons. The Morgan fingerprint density at radius 1 is 1.33 bits per heavy atom. The van der Waals surface area contributed by atoms with Crippen molar-refractivity contribution in [2.24, 2.45) is 0 Å². The predicted octanol–water partition coefficient (Wildman–Crippen LogP) is 1.66. The van der Waals surface area contributed by atoms with Crippen molar-refractivity contribution in [3.63, 3.8) is 0 Å². The maximum atomic E-state index is 13.1. The highest BCUT2D eigenvalue weighted by Gasteiger charge is 2.45. The molecule has 2 aliphatic heterocycles. The van der Waals surface area contributed by atoms with Gasteiger partial charge in [-0.2, -0.15) is 0 Å². The van der Waals surface area contributed by atoms with Crippen molar-refractivity contribution in [2.45, 2.75) is 32.1 Å². The number of ether oxygens (including phenoxy) is 1. The van der Waals surface area contributed by atoms with E-state index in [-0.39, 0.29) is 18.6 Å². The third kappa shape index (κ3) is 1.97. The molecule has 0 amide bonds. The zero-order valence-electron chi connectivity index (χ0n) is 14.7. The lowest BCUT2D eigenvalue weighted by molar-refractivity contribution is -0.172. The van der Waals surface area contributed by atoms with Gasteiger partial charge in [-0.25, -0.2) is 9.78 Å². The lowest BCUT2D eigenvalue weighted by Crippen LogP contribution is -2.44. The van der Waals surface area contributed by atoms with Gasteiger partial charge in [-0.1, -0.05) is 19.1 Å². The molecular formula is C20H17N3O4. The average Bonchev–Trinajstić information content (AvgIpc) is 3.02. The van der Waals surface area contributed by atoms with Crippen molar-refractivity contribution in [3.05, 3.63) is 57.4 Å². The first-order valence-corrected chi connectivity index (χ1v) is 8.79. The third-order valence-corrected chi connectivity index (χ3v) is 5.57. The predicted molar refractivity (Wildman–Crippen MR) is 98.9 cm³/mol. The Hall–Kier alpha value is -3.19. The summed E-state index contributed by atoms with van der Waals surface area (Å²) in [7, 11) is 0. The van der Waals surface area contributed by atoms with Crippen molar-refractivity contribution < 1.29 is 14.6 Å². The van der Waals surface area contributed by atoms with Gasteiger partial charge in [-0.05, 0) is 24.6 Å². The molecule has 2 aromatic heterocycles. The number of fused-ring (bicyclic) bond motifs is 5. The number of carbonyl (C=O) groups excluding carboxylic acids is 1. The van der Waals surface area contributed by atoms with Crippen LogP contribution in [0.1, 0.15) is 30.0 Å². The Bertz CT molecular complexity index is 1210. The molecule has 3 N–H and O–H groups in total. The monoisotopic (exact) mass is 363 g/mol. The van der Waals surface area contributed by atoms with E-state index in [1.807, 2.05) is 18.2 Å². The number of nitrogens with two attached hydrogens (primary N) is 1.